The summed E-state index contributed by atoms with van der Waals surface area (Å²) in [6, 6.07) is 4.56. The van der Waals surface area contributed by atoms with Crippen LogP contribution in [0.3, 0.4) is 0 Å². The molecule has 6 nitrogen and oxygen atoms in total. The van der Waals surface area contributed by atoms with E-state index in [1.54, 1.807) is 6.07 Å². The minimum absolute atomic E-state index is 0.0898. The van der Waals surface area contributed by atoms with Crippen LogP contribution in [0.15, 0.2) is 24.4 Å². The van der Waals surface area contributed by atoms with Gasteiger partial charge in [0.2, 0.25) is 11.9 Å². The van der Waals surface area contributed by atoms with Crippen molar-refractivity contribution in [3.8, 4) is 0 Å². The molecule has 2 rings (SSSR count). The summed E-state index contributed by atoms with van der Waals surface area (Å²) in [7, 11) is 0. The van der Waals surface area contributed by atoms with E-state index in [1.807, 2.05) is 0 Å². The summed E-state index contributed by atoms with van der Waals surface area (Å²) >= 11 is 11.7. The minimum Gasteiger partial charge on any atom is -0.370 e. The van der Waals surface area contributed by atoms with Gasteiger partial charge in [-0.2, -0.15) is 18.2 Å². The Bertz CT molecular complexity index is 786. The molecular formula is C14H12Cl2F3N5O. The Morgan fingerprint density at radius 1 is 1.24 bits per heavy atom. The van der Waals surface area contributed by atoms with Crippen LogP contribution in [0.2, 0.25) is 10.0 Å². The third-order valence-corrected chi connectivity index (χ3v) is 3.67. The fourth-order valence-electron chi connectivity index (χ4n) is 1.79. The standard InChI is InChI=1S/C14H12Cl2F3N5O/c15-9-2-1-7(5-10(9)16)23-13-22-6-8(14(17,18)19)12(24-13)21-4-3-11(20)25/h1-2,5-6H,3-4H2,(H2,20,25)(H2,21,22,23,24). The van der Waals surface area contributed by atoms with Gasteiger partial charge in [0.25, 0.3) is 0 Å². The van der Waals surface area contributed by atoms with Crippen LogP contribution in [-0.4, -0.2) is 22.4 Å². The Morgan fingerprint density at radius 3 is 2.56 bits per heavy atom. The van der Waals surface area contributed by atoms with Gasteiger partial charge in [-0.05, 0) is 18.2 Å². The number of anilines is 3. The second-order valence-corrected chi connectivity index (χ2v) is 5.67. The SMILES string of the molecule is NC(=O)CCNc1nc(Nc2ccc(Cl)c(Cl)c2)ncc1C(F)(F)F. The lowest BCUT2D eigenvalue weighted by Gasteiger charge is -2.14. The first kappa shape index (κ1) is 19.1. The molecule has 0 saturated carbocycles. The number of benzene rings is 1. The molecule has 1 heterocycles. The number of nitrogens with two attached hydrogens (primary N) is 1. The van der Waals surface area contributed by atoms with E-state index in [0.717, 1.165) is 0 Å². The molecule has 0 fully saturated rings. The highest BCUT2D eigenvalue weighted by Crippen LogP contribution is 2.34. The Morgan fingerprint density at radius 2 is 1.96 bits per heavy atom. The maximum atomic E-state index is 13.0. The normalized spacial score (nSPS) is 11.2. The zero-order chi connectivity index (χ0) is 18.6. The van der Waals surface area contributed by atoms with Gasteiger partial charge in [-0.25, -0.2) is 4.98 Å². The lowest BCUT2D eigenvalue weighted by atomic mass is 10.3. The molecule has 0 aliphatic carbocycles. The molecule has 4 N–H and O–H groups in total. The average molecular weight is 394 g/mol. The van der Waals surface area contributed by atoms with E-state index >= 15 is 0 Å². The molecule has 0 bridgehead atoms. The molecule has 0 aliphatic heterocycles. The molecule has 11 heteroatoms. The maximum absolute atomic E-state index is 13.0. The van der Waals surface area contributed by atoms with Gasteiger partial charge in [0.05, 0.1) is 10.0 Å². The summed E-state index contributed by atoms with van der Waals surface area (Å²) in [4.78, 5) is 18.2. The Balaban J connectivity index is 2.26. The Kier molecular flexibility index (Phi) is 5.91. The van der Waals surface area contributed by atoms with E-state index in [1.165, 1.54) is 12.1 Å². The number of nitrogens with zero attached hydrogens (tertiary/aromatic N) is 2. The van der Waals surface area contributed by atoms with Crippen molar-refractivity contribution >= 4 is 46.6 Å². The number of halogens is 5. The monoisotopic (exact) mass is 393 g/mol. The van der Waals surface area contributed by atoms with Crippen molar-refractivity contribution < 1.29 is 18.0 Å². The van der Waals surface area contributed by atoms with E-state index in [4.69, 9.17) is 28.9 Å². The minimum atomic E-state index is -4.66. The molecule has 0 saturated heterocycles. The van der Waals surface area contributed by atoms with E-state index in [2.05, 4.69) is 20.6 Å². The predicted molar refractivity (Wildman–Crippen MR) is 89.1 cm³/mol. The van der Waals surface area contributed by atoms with Gasteiger partial charge in [-0.3, -0.25) is 4.79 Å². The summed E-state index contributed by atoms with van der Waals surface area (Å²) in [5.74, 6) is -1.21. The number of hydrogen-bond donors (Lipinski definition) is 3. The Hall–Kier alpha value is -2.26. The van der Waals surface area contributed by atoms with Crippen molar-refractivity contribution in [2.45, 2.75) is 12.6 Å². The maximum Gasteiger partial charge on any atom is 0.421 e. The number of carbonyl (C=O) groups is 1. The summed E-state index contributed by atoms with van der Waals surface area (Å²) < 4.78 is 39.1. The largest absolute Gasteiger partial charge is 0.421 e. The summed E-state index contributed by atoms with van der Waals surface area (Å²) in [6.45, 7) is -0.0956. The molecule has 1 aromatic heterocycles. The van der Waals surface area contributed by atoms with E-state index in [0.29, 0.717) is 16.9 Å². The molecule has 0 atom stereocenters. The lowest BCUT2D eigenvalue weighted by molar-refractivity contribution is -0.137. The molecular weight excluding hydrogens is 382 g/mol. The third-order valence-electron chi connectivity index (χ3n) is 2.93. The molecule has 2 aromatic rings. The highest BCUT2D eigenvalue weighted by atomic mass is 35.5. The van der Waals surface area contributed by atoms with Crippen LogP contribution in [0.1, 0.15) is 12.0 Å². The van der Waals surface area contributed by atoms with Crippen molar-refractivity contribution in [2.24, 2.45) is 5.73 Å². The van der Waals surface area contributed by atoms with Gasteiger partial charge in [-0.1, -0.05) is 23.2 Å². The number of primary amides is 1. The summed E-state index contributed by atoms with van der Waals surface area (Å²) in [6.07, 6.45) is -4.16. The average Bonchev–Trinajstić information content (AvgIpc) is 2.50. The number of rotatable bonds is 6. The fraction of sp³-hybridized carbons (Fsp3) is 0.214. The molecule has 0 radical (unpaired) electrons. The topological polar surface area (TPSA) is 92.9 Å². The van der Waals surface area contributed by atoms with Gasteiger partial charge in [-0.15, -0.1) is 0 Å². The van der Waals surface area contributed by atoms with Gasteiger partial charge in [0.1, 0.15) is 11.4 Å². The van der Waals surface area contributed by atoms with Gasteiger partial charge in [0, 0.05) is 24.8 Å². The second-order valence-electron chi connectivity index (χ2n) is 4.85. The van der Waals surface area contributed by atoms with Crippen LogP contribution in [0.4, 0.5) is 30.6 Å². The molecule has 0 aliphatic rings. The van der Waals surface area contributed by atoms with Crippen LogP contribution in [-0.2, 0) is 11.0 Å². The summed E-state index contributed by atoms with van der Waals surface area (Å²) in [5, 5.41) is 5.76. The number of aromatic nitrogens is 2. The van der Waals surface area contributed by atoms with Crippen molar-refractivity contribution in [3.05, 3.63) is 40.0 Å². The van der Waals surface area contributed by atoms with Crippen LogP contribution < -0.4 is 16.4 Å². The third kappa shape index (κ3) is 5.36. The van der Waals surface area contributed by atoms with Crippen LogP contribution in [0.25, 0.3) is 0 Å². The molecule has 1 aromatic carbocycles. The predicted octanol–water partition coefficient (Wildman–Crippen LogP) is 3.83. The van der Waals surface area contributed by atoms with Gasteiger partial charge in [0.15, 0.2) is 0 Å². The molecule has 1 amide bonds. The molecule has 134 valence electrons. The van der Waals surface area contributed by atoms with Crippen LogP contribution >= 0.6 is 23.2 Å². The molecule has 25 heavy (non-hydrogen) atoms. The lowest BCUT2D eigenvalue weighted by Crippen LogP contribution is -2.19. The van der Waals surface area contributed by atoms with Crippen LogP contribution in [0, 0.1) is 0 Å². The number of alkyl halides is 3. The van der Waals surface area contributed by atoms with Crippen molar-refractivity contribution in [2.75, 3.05) is 17.2 Å². The number of amides is 1. The quantitative estimate of drug-likeness (QED) is 0.693. The smallest absolute Gasteiger partial charge is 0.370 e. The highest BCUT2D eigenvalue weighted by molar-refractivity contribution is 6.42. The number of carbonyl (C=O) groups excluding carboxylic acids is 1. The number of nitrogens with one attached hydrogen (secondary N) is 2. The fourth-order valence-corrected chi connectivity index (χ4v) is 2.09. The highest BCUT2D eigenvalue weighted by Gasteiger charge is 2.35. The van der Waals surface area contributed by atoms with Crippen LogP contribution in [0.5, 0.6) is 0 Å². The zero-order valence-electron chi connectivity index (χ0n) is 12.5. The van der Waals surface area contributed by atoms with E-state index < -0.39 is 23.5 Å². The van der Waals surface area contributed by atoms with Crippen molar-refractivity contribution in [1.82, 2.24) is 9.97 Å². The van der Waals surface area contributed by atoms with Crippen molar-refractivity contribution in [1.29, 1.82) is 0 Å². The zero-order valence-corrected chi connectivity index (χ0v) is 14.0. The second kappa shape index (κ2) is 7.75. The van der Waals surface area contributed by atoms with E-state index in [-0.39, 0.29) is 23.9 Å². The number of hydrogen-bond acceptors (Lipinski definition) is 5. The van der Waals surface area contributed by atoms with Gasteiger partial charge >= 0.3 is 6.18 Å². The summed E-state index contributed by atoms with van der Waals surface area (Å²) in [5.41, 5.74) is 4.35. The van der Waals surface area contributed by atoms with E-state index in [9.17, 15) is 18.0 Å². The first-order chi connectivity index (χ1) is 11.7. The Labute approximate surface area is 150 Å². The molecule has 0 unspecified atom stereocenters. The first-order valence-electron chi connectivity index (χ1n) is 6.85. The molecule has 0 spiro atoms. The first-order valence-corrected chi connectivity index (χ1v) is 7.61. The van der Waals surface area contributed by atoms with Gasteiger partial charge < -0.3 is 16.4 Å². The van der Waals surface area contributed by atoms with Crippen molar-refractivity contribution in [3.63, 3.8) is 0 Å².